The van der Waals surface area contributed by atoms with Gasteiger partial charge in [0.15, 0.2) is 0 Å². The highest BCUT2D eigenvalue weighted by Crippen LogP contribution is 2.29. The Bertz CT molecular complexity index is 1920. The number of nitrogens with one attached hydrogen (secondary N) is 4. The lowest BCUT2D eigenvalue weighted by molar-refractivity contribution is -0.123. The van der Waals surface area contributed by atoms with Crippen LogP contribution in [0.1, 0.15) is 36.8 Å². The van der Waals surface area contributed by atoms with Crippen molar-refractivity contribution in [3.05, 3.63) is 120 Å². The molecule has 0 heterocycles. The molecule has 0 spiro atoms. The minimum absolute atomic E-state index is 0.0801. The number of fused-ring (bicyclic) bond motifs is 4. The van der Waals surface area contributed by atoms with Crippen molar-refractivity contribution in [3.8, 4) is 0 Å². The van der Waals surface area contributed by atoms with Crippen molar-refractivity contribution in [2.75, 3.05) is 26.2 Å². The van der Waals surface area contributed by atoms with E-state index in [4.69, 9.17) is 5.73 Å². The van der Waals surface area contributed by atoms with Crippen LogP contribution in [0.3, 0.4) is 0 Å². The number of rotatable bonds is 16. The fourth-order valence-electron chi connectivity index (χ4n) is 6.53. The number of carbonyl (C=O) groups is 2. The highest BCUT2D eigenvalue weighted by molar-refractivity contribution is 6.03. The van der Waals surface area contributed by atoms with Gasteiger partial charge in [0, 0.05) is 32.6 Å². The zero-order valence-corrected chi connectivity index (χ0v) is 27.4. The van der Waals surface area contributed by atoms with Crippen molar-refractivity contribution in [2.24, 2.45) is 5.73 Å². The number of hydrogen-bond donors (Lipinski definition) is 5. The molecule has 0 fully saturated rings. The minimum atomic E-state index is -0.706. The molecule has 0 bridgehead atoms. The van der Waals surface area contributed by atoms with Gasteiger partial charge in [0.05, 0.1) is 6.04 Å². The predicted octanol–water partition coefficient (Wildman–Crippen LogP) is 6.30. The van der Waals surface area contributed by atoms with Gasteiger partial charge in [-0.2, -0.15) is 0 Å². The first-order chi connectivity index (χ1) is 23.6. The molecule has 246 valence electrons. The van der Waals surface area contributed by atoms with Crippen molar-refractivity contribution in [2.45, 2.75) is 44.8 Å². The van der Waals surface area contributed by atoms with Gasteiger partial charge in [-0.15, -0.1) is 0 Å². The van der Waals surface area contributed by atoms with Crippen molar-refractivity contribution in [1.82, 2.24) is 21.3 Å². The molecular formula is C41H45N5O2. The van der Waals surface area contributed by atoms with Crippen LogP contribution in [0.2, 0.25) is 0 Å². The van der Waals surface area contributed by atoms with Crippen molar-refractivity contribution in [1.29, 1.82) is 0 Å². The Morgan fingerprint density at radius 2 is 0.938 bits per heavy atom. The second-order valence-electron chi connectivity index (χ2n) is 12.4. The maximum atomic E-state index is 12.5. The Labute approximate surface area is 282 Å². The third-order valence-corrected chi connectivity index (χ3v) is 9.07. The quantitative estimate of drug-likeness (QED) is 0.0631. The molecule has 6 N–H and O–H groups in total. The fraction of sp³-hybridized carbons (Fsp3) is 0.268. The Morgan fingerprint density at radius 1 is 0.542 bits per heavy atom. The van der Waals surface area contributed by atoms with Crippen LogP contribution in [-0.2, 0) is 22.7 Å². The summed E-state index contributed by atoms with van der Waals surface area (Å²) >= 11 is 0. The summed E-state index contributed by atoms with van der Waals surface area (Å²) in [5.74, 6) is -0.295. The van der Waals surface area contributed by atoms with Crippen LogP contribution < -0.4 is 27.0 Å². The van der Waals surface area contributed by atoms with Crippen molar-refractivity contribution < 1.29 is 9.59 Å². The molecule has 6 rings (SSSR count). The van der Waals surface area contributed by atoms with E-state index in [1.165, 1.54) is 54.2 Å². The van der Waals surface area contributed by atoms with Gasteiger partial charge >= 0.3 is 0 Å². The lowest BCUT2D eigenvalue weighted by atomic mass is 9.97. The van der Waals surface area contributed by atoms with Crippen LogP contribution in [-0.4, -0.2) is 44.0 Å². The SMILES string of the molecule is N[C@@H](CCC(=O)NCCCNCc1c2ccccc2cc2ccccc12)C(=O)NCCCNCc1c2ccccc2cc2ccccc12. The van der Waals surface area contributed by atoms with Gasteiger partial charge in [0.2, 0.25) is 11.8 Å². The summed E-state index contributed by atoms with van der Waals surface area (Å²) in [6.07, 6.45) is 2.14. The number of hydrogen-bond acceptors (Lipinski definition) is 5. The van der Waals surface area contributed by atoms with Gasteiger partial charge in [-0.1, -0.05) is 97.1 Å². The Hall–Kier alpha value is -4.82. The molecule has 7 nitrogen and oxygen atoms in total. The first-order valence-corrected chi connectivity index (χ1v) is 17.1. The van der Waals surface area contributed by atoms with E-state index < -0.39 is 6.04 Å². The number of amides is 2. The summed E-state index contributed by atoms with van der Waals surface area (Å²) in [5.41, 5.74) is 8.69. The summed E-state index contributed by atoms with van der Waals surface area (Å²) in [4.78, 5) is 24.9. The average Bonchev–Trinajstić information content (AvgIpc) is 3.12. The molecule has 7 heteroatoms. The largest absolute Gasteiger partial charge is 0.356 e. The van der Waals surface area contributed by atoms with Gasteiger partial charge in [0.1, 0.15) is 0 Å². The summed E-state index contributed by atoms with van der Waals surface area (Å²) in [5, 5.41) is 23.0. The molecule has 1 atom stereocenters. The van der Waals surface area contributed by atoms with Gasteiger partial charge in [-0.25, -0.2) is 0 Å². The van der Waals surface area contributed by atoms with Gasteiger partial charge in [0.25, 0.3) is 0 Å². The summed E-state index contributed by atoms with van der Waals surface area (Å²) in [6, 6.07) is 37.7. The smallest absolute Gasteiger partial charge is 0.236 e. The molecule has 6 aromatic rings. The first kappa shape index (κ1) is 33.1. The molecule has 0 aliphatic heterocycles. The molecule has 0 aromatic heterocycles. The number of nitrogens with two attached hydrogens (primary N) is 1. The molecule has 0 saturated heterocycles. The number of benzene rings is 6. The van der Waals surface area contributed by atoms with Crippen molar-refractivity contribution >= 4 is 54.9 Å². The standard InChI is InChI=1S/C41H45N5O2/c42-39(41(48)46-24-10-22-44-28-38-35-17-7-3-13-31(35)26-32-14-4-8-18-36(32)38)19-20-40(47)45-23-9-21-43-27-37-33-15-5-1-11-29(33)25-30-12-2-6-16-34(30)37/h1-8,11-18,25-26,39,43-44H,9-10,19-24,27-28,42H2,(H,45,47)(H,46,48)/t39-/m0/s1. The Morgan fingerprint density at radius 3 is 1.38 bits per heavy atom. The monoisotopic (exact) mass is 639 g/mol. The van der Waals surface area contributed by atoms with E-state index in [0.29, 0.717) is 19.5 Å². The van der Waals surface area contributed by atoms with Crippen LogP contribution >= 0.6 is 0 Å². The zero-order chi connectivity index (χ0) is 33.1. The second kappa shape index (κ2) is 16.3. The lowest BCUT2D eigenvalue weighted by Crippen LogP contribution is -2.42. The van der Waals surface area contributed by atoms with Crippen LogP contribution in [0.5, 0.6) is 0 Å². The third kappa shape index (κ3) is 8.17. The van der Waals surface area contributed by atoms with Crippen LogP contribution in [0.25, 0.3) is 43.1 Å². The van der Waals surface area contributed by atoms with E-state index in [-0.39, 0.29) is 18.2 Å². The molecule has 2 amide bonds. The Kier molecular flexibility index (Phi) is 11.3. The van der Waals surface area contributed by atoms with E-state index in [9.17, 15) is 9.59 Å². The fourth-order valence-corrected chi connectivity index (χ4v) is 6.53. The molecule has 0 unspecified atom stereocenters. The average molecular weight is 640 g/mol. The maximum absolute atomic E-state index is 12.5. The normalized spacial score (nSPS) is 12.1. The lowest BCUT2D eigenvalue weighted by Gasteiger charge is -2.14. The summed E-state index contributed by atoms with van der Waals surface area (Å²) in [6.45, 7) is 4.17. The second-order valence-corrected chi connectivity index (χ2v) is 12.4. The predicted molar refractivity (Wildman–Crippen MR) is 199 cm³/mol. The molecule has 0 aliphatic carbocycles. The number of carbonyl (C=O) groups excluding carboxylic acids is 2. The Balaban J connectivity index is 0.847. The maximum Gasteiger partial charge on any atom is 0.236 e. The topological polar surface area (TPSA) is 108 Å². The molecule has 0 aliphatic rings. The van der Waals surface area contributed by atoms with E-state index in [2.05, 4.69) is 130 Å². The van der Waals surface area contributed by atoms with E-state index >= 15 is 0 Å². The van der Waals surface area contributed by atoms with Crippen LogP contribution in [0.4, 0.5) is 0 Å². The molecule has 6 aromatic carbocycles. The first-order valence-electron chi connectivity index (χ1n) is 17.1. The molecule has 0 saturated carbocycles. The van der Waals surface area contributed by atoms with Gasteiger partial charge in [-0.3, -0.25) is 9.59 Å². The minimum Gasteiger partial charge on any atom is -0.356 e. The highest BCUT2D eigenvalue weighted by Gasteiger charge is 2.15. The zero-order valence-electron chi connectivity index (χ0n) is 27.4. The third-order valence-electron chi connectivity index (χ3n) is 9.07. The highest BCUT2D eigenvalue weighted by atomic mass is 16.2. The van der Waals surface area contributed by atoms with Crippen LogP contribution in [0, 0.1) is 0 Å². The summed E-state index contributed by atoms with van der Waals surface area (Å²) in [7, 11) is 0. The molecule has 0 radical (unpaired) electrons. The molecule has 48 heavy (non-hydrogen) atoms. The van der Waals surface area contributed by atoms with E-state index in [1.54, 1.807) is 0 Å². The van der Waals surface area contributed by atoms with E-state index in [1.807, 2.05) is 0 Å². The van der Waals surface area contributed by atoms with Gasteiger partial charge < -0.3 is 27.0 Å². The molecular weight excluding hydrogens is 594 g/mol. The summed E-state index contributed by atoms with van der Waals surface area (Å²) < 4.78 is 0. The van der Waals surface area contributed by atoms with E-state index in [0.717, 1.165) is 39.0 Å². The van der Waals surface area contributed by atoms with Gasteiger partial charge in [-0.05, 0) is 98.7 Å². The van der Waals surface area contributed by atoms with Crippen LogP contribution in [0.15, 0.2) is 109 Å². The van der Waals surface area contributed by atoms with Crippen molar-refractivity contribution in [3.63, 3.8) is 0 Å².